The number of ether oxygens (including phenoxy) is 3. The number of imide groups is 1. The summed E-state index contributed by atoms with van der Waals surface area (Å²) in [6.45, 7) is 5.03. The molecule has 11 heteroatoms. The van der Waals surface area contributed by atoms with E-state index in [0.717, 1.165) is 33.4 Å². The van der Waals surface area contributed by atoms with Gasteiger partial charge in [0.15, 0.2) is 18.1 Å². The van der Waals surface area contributed by atoms with Crippen LogP contribution in [0, 0.1) is 20.8 Å². The normalized spacial score (nSPS) is 14.3. The zero-order chi connectivity index (χ0) is 26.6. The number of amides is 3. The van der Waals surface area contributed by atoms with Gasteiger partial charge in [-0.1, -0.05) is 33.6 Å². The molecular formula is C25H25BrN2O7S. The summed E-state index contributed by atoms with van der Waals surface area (Å²) in [5, 5.41) is 2.27. The van der Waals surface area contributed by atoms with E-state index in [1.807, 2.05) is 32.9 Å². The molecule has 1 aliphatic heterocycles. The fraction of sp³-hybridized carbons (Fsp3) is 0.280. The molecule has 0 atom stereocenters. The molecule has 0 saturated carbocycles. The number of methoxy groups -OCH3 is 2. The molecule has 2 aromatic rings. The predicted octanol–water partition coefficient (Wildman–Crippen LogP) is 4.61. The molecule has 1 saturated heterocycles. The van der Waals surface area contributed by atoms with Crippen LogP contribution in [-0.4, -0.2) is 55.3 Å². The second kappa shape index (κ2) is 11.6. The lowest BCUT2D eigenvalue weighted by Crippen LogP contribution is -2.36. The molecule has 0 aliphatic carbocycles. The number of nitrogens with zero attached hydrogens (tertiary/aromatic N) is 1. The minimum absolute atomic E-state index is 0.154. The summed E-state index contributed by atoms with van der Waals surface area (Å²) in [4.78, 5) is 50.6. The fourth-order valence-corrected chi connectivity index (χ4v) is 4.87. The van der Waals surface area contributed by atoms with E-state index >= 15 is 0 Å². The first-order valence-corrected chi connectivity index (χ1v) is 12.3. The number of anilines is 1. The van der Waals surface area contributed by atoms with Crippen molar-refractivity contribution in [2.24, 2.45) is 0 Å². The van der Waals surface area contributed by atoms with Gasteiger partial charge in [-0.15, -0.1) is 0 Å². The van der Waals surface area contributed by atoms with E-state index in [0.29, 0.717) is 27.2 Å². The number of aryl methyl sites for hydroxylation is 3. The quantitative estimate of drug-likeness (QED) is 0.358. The van der Waals surface area contributed by atoms with Crippen LogP contribution in [0.4, 0.5) is 10.5 Å². The Balaban J connectivity index is 1.77. The van der Waals surface area contributed by atoms with Gasteiger partial charge in [-0.2, -0.15) is 0 Å². The molecule has 0 bridgehead atoms. The number of carbonyl (C=O) groups is 4. The molecule has 1 N–H and O–H groups in total. The van der Waals surface area contributed by atoms with Crippen molar-refractivity contribution in [1.29, 1.82) is 0 Å². The highest BCUT2D eigenvalue weighted by Gasteiger charge is 2.36. The lowest BCUT2D eigenvalue weighted by Gasteiger charge is -2.16. The first kappa shape index (κ1) is 27.3. The van der Waals surface area contributed by atoms with E-state index in [4.69, 9.17) is 9.47 Å². The molecule has 0 radical (unpaired) electrons. The van der Waals surface area contributed by atoms with Gasteiger partial charge in [0, 0.05) is 10.2 Å². The SMILES string of the molecule is COC(=O)COc1cc(Br)c(/C=C2/SC(=O)N(CC(=O)Nc3c(C)cc(C)cc3C)C2=O)cc1OC. The maximum atomic E-state index is 12.9. The van der Waals surface area contributed by atoms with Gasteiger partial charge in [0.1, 0.15) is 6.54 Å². The second-order valence-electron chi connectivity index (χ2n) is 7.98. The van der Waals surface area contributed by atoms with Crippen molar-refractivity contribution in [3.8, 4) is 11.5 Å². The highest BCUT2D eigenvalue weighted by molar-refractivity contribution is 9.10. The Bertz CT molecular complexity index is 1250. The van der Waals surface area contributed by atoms with Crippen molar-refractivity contribution >= 4 is 62.5 Å². The molecule has 190 valence electrons. The van der Waals surface area contributed by atoms with Gasteiger partial charge in [-0.05, 0) is 67.4 Å². The molecule has 1 heterocycles. The van der Waals surface area contributed by atoms with Crippen LogP contribution in [0.3, 0.4) is 0 Å². The molecule has 36 heavy (non-hydrogen) atoms. The molecular weight excluding hydrogens is 552 g/mol. The first-order valence-electron chi connectivity index (χ1n) is 10.7. The zero-order valence-electron chi connectivity index (χ0n) is 20.4. The highest BCUT2D eigenvalue weighted by atomic mass is 79.9. The smallest absolute Gasteiger partial charge is 0.343 e. The second-order valence-corrected chi connectivity index (χ2v) is 9.83. The van der Waals surface area contributed by atoms with Crippen molar-refractivity contribution < 1.29 is 33.4 Å². The van der Waals surface area contributed by atoms with Crippen molar-refractivity contribution in [3.63, 3.8) is 0 Å². The minimum Gasteiger partial charge on any atom is -0.493 e. The Kier molecular flexibility index (Phi) is 8.80. The van der Waals surface area contributed by atoms with Crippen molar-refractivity contribution in [2.45, 2.75) is 20.8 Å². The maximum Gasteiger partial charge on any atom is 0.343 e. The van der Waals surface area contributed by atoms with Crippen LogP contribution in [-0.2, 0) is 19.1 Å². The summed E-state index contributed by atoms with van der Waals surface area (Å²) < 4.78 is 15.9. The molecule has 2 aromatic carbocycles. The van der Waals surface area contributed by atoms with Crippen LogP contribution >= 0.6 is 27.7 Å². The summed E-state index contributed by atoms with van der Waals surface area (Å²) in [5.74, 6) is -0.991. The summed E-state index contributed by atoms with van der Waals surface area (Å²) in [5.41, 5.74) is 4.07. The Hall–Kier alpha value is -3.31. The maximum absolute atomic E-state index is 12.9. The zero-order valence-corrected chi connectivity index (χ0v) is 22.8. The van der Waals surface area contributed by atoms with Crippen LogP contribution in [0.15, 0.2) is 33.6 Å². The van der Waals surface area contributed by atoms with Gasteiger partial charge in [0.25, 0.3) is 11.1 Å². The van der Waals surface area contributed by atoms with Gasteiger partial charge in [-0.25, -0.2) is 4.79 Å². The average molecular weight is 577 g/mol. The number of esters is 1. The summed E-state index contributed by atoms with van der Waals surface area (Å²) in [6.07, 6.45) is 1.52. The molecule has 0 aromatic heterocycles. The van der Waals surface area contributed by atoms with E-state index in [1.54, 1.807) is 12.1 Å². The van der Waals surface area contributed by atoms with E-state index in [9.17, 15) is 19.2 Å². The Labute approximate surface area is 221 Å². The van der Waals surface area contributed by atoms with Gasteiger partial charge >= 0.3 is 5.97 Å². The third kappa shape index (κ3) is 6.27. The summed E-state index contributed by atoms with van der Waals surface area (Å²) in [6, 6.07) is 7.07. The molecule has 9 nitrogen and oxygen atoms in total. The number of hydrogen-bond donors (Lipinski definition) is 1. The van der Waals surface area contributed by atoms with Gasteiger partial charge in [0.05, 0.1) is 19.1 Å². The predicted molar refractivity (Wildman–Crippen MR) is 140 cm³/mol. The number of benzene rings is 2. The standard InChI is InChI=1S/C25H25BrN2O7S/c1-13-6-14(2)23(15(3)7-13)27-21(29)11-28-24(31)20(36-25(28)32)9-16-8-18(33-4)19(10-17(16)26)35-12-22(30)34-5/h6-10H,11-12H2,1-5H3,(H,27,29)/b20-9+. The monoisotopic (exact) mass is 576 g/mol. The van der Waals surface area contributed by atoms with Crippen molar-refractivity contribution in [1.82, 2.24) is 4.90 Å². The van der Waals surface area contributed by atoms with Crippen LogP contribution in [0.2, 0.25) is 0 Å². The van der Waals surface area contributed by atoms with Gasteiger partial charge in [-0.3, -0.25) is 19.3 Å². The largest absolute Gasteiger partial charge is 0.493 e. The third-order valence-electron chi connectivity index (χ3n) is 5.26. The van der Waals surface area contributed by atoms with Gasteiger partial charge in [0.2, 0.25) is 5.91 Å². The van der Waals surface area contributed by atoms with E-state index < -0.39 is 29.6 Å². The highest BCUT2D eigenvalue weighted by Crippen LogP contribution is 2.38. The third-order valence-corrected chi connectivity index (χ3v) is 6.85. The number of carbonyl (C=O) groups excluding carboxylic acids is 4. The average Bonchev–Trinajstić information content (AvgIpc) is 3.08. The molecule has 1 fully saturated rings. The van der Waals surface area contributed by atoms with E-state index in [1.165, 1.54) is 20.3 Å². The number of halogens is 1. The number of rotatable bonds is 8. The van der Waals surface area contributed by atoms with Gasteiger partial charge < -0.3 is 19.5 Å². The van der Waals surface area contributed by atoms with E-state index in [-0.39, 0.29) is 11.5 Å². The van der Waals surface area contributed by atoms with Crippen LogP contribution < -0.4 is 14.8 Å². The Morgan fingerprint density at radius 3 is 2.33 bits per heavy atom. The summed E-state index contributed by atoms with van der Waals surface area (Å²) in [7, 11) is 2.69. The minimum atomic E-state index is -0.575. The lowest BCUT2D eigenvalue weighted by molar-refractivity contribution is -0.143. The number of thioether (sulfide) groups is 1. The fourth-order valence-electron chi connectivity index (χ4n) is 3.61. The van der Waals surface area contributed by atoms with Crippen LogP contribution in [0.5, 0.6) is 11.5 Å². The van der Waals surface area contributed by atoms with Crippen molar-refractivity contribution in [3.05, 3.63) is 55.9 Å². The van der Waals surface area contributed by atoms with Crippen LogP contribution in [0.25, 0.3) is 6.08 Å². The van der Waals surface area contributed by atoms with E-state index in [2.05, 4.69) is 26.0 Å². The summed E-state index contributed by atoms with van der Waals surface area (Å²) >= 11 is 4.15. The lowest BCUT2D eigenvalue weighted by atomic mass is 10.1. The molecule has 3 rings (SSSR count). The Morgan fingerprint density at radius 2 is 1.72 bits per heavy atom. The molecule has 1 aliphatic rings. The molecule has 0 spiro atoms. The first-order chi connectivity index (χ1) is 17.0. The molecule has 3 amide bonds. The molecule has 0 unspecified atom stereocenters. The van der Waals surface area contributed by atoms with Crippen molar-refractivity contribution in [2.75, 3.05) is 32.7 Å². The van der Waals surface area contributed by atoms with Crippen LogP contribution in [0.1, 0.15) is 22.3 Å². The topological polar surface area (TPSA) is 111 Å². The number of nitrogens with one attached hydrogen (secondary N) is 1. The number of hydrogen-bond acceptors (Lipinski definition) is 8. The Morgan fingerprint density at radius 1 is 1.06 bits per heavy atom.